The molecule has 0 heterocycles. The molecule has 1 amide bonds. The number of benzene rings is 1. The van der Waals surface area contributed by atoms with Gasteiger partial charge in [-0.3, -0.25) is 9.59 Å². The Balaban J connectivity index is 2.80. The molecule has 5 nitrogen and oxygen atoms in total. The van der Waals surface area contributed by atoms with E-state index >= 15 is 0 Å². The smallest absolute Gasteiger partial charge is 0.305 e. The predicted molar refractivity (Wildman–Crippen MR) is 66.0 cm³/mol. The van der Waals surface area contributed by atoms with Crippen molar-refractivity contribution in [1.29, 1.82) is 0 Å². The van der Waals surface area contributed by atoms with E-state index in [4.69, 9.17) is 9.84 Å². The third kappa shape index (κ3) is 4.18. The maximum atomic E-state index is 11.7. The summed E-state index contributed by atoms with van der Waals surface area (Å²) in [5, 5.41) is 11.5. The summed E-state index contributed by atoms with van der Waals surface area (Å²) in [4.78, 5) is 22.5. The van der Waals surface area contributed by atoms with Crippen molar-refractivity contribution >= 4 is 11.9 Å². The summed E-state index contributed by atoms with van der Waals surface area (Å²) in [6.07, 6.45) is -0.767. The Morgan fingerprint density at radius 3 is 2.44 bits per heavy atom. The van der Waals surface area contributed by atoms with Crippen molar-refractivity contribution in [3.05, 3.63) is 35.9 Å². The standard InChI is InChI=1S/C13H17NO4/c1-9(18-2)13(17)14-11(8-12(15)16)10-6-4-3-5-7-10/h3-7,9,11H,8H2,1-2H3,(H,14,17)(H,15,16). The highest BCUT2D eigenvalue weighted by Gasteiger charge is 2.20. The van der Waals surface area contributed by atoms with Crippen LogP contribution in [0.5, 0.6) is 0 Å². The number of carbonyl (C=O) groups excluding carboxylic acids is 1. The first-order valence-corrected chi connectivity index (χ1v) is 5.64. The van der Waals surface area contributed by atoms with Crippen LogP contribution in [0.4, 0.5) is 0 Å². The van der Waals surface area contributed by atoms with E-state index in [-0.39, 0.29) is 12.3 Å². The molecule has 0 fully saturated rings. The van der Waals surface area contributed by atoms with Gasteiger partial charge < -0.3 is 15.2 Å². The minimum Gasteiger partial charge on any atom is -0.481 e. The maximum absolute atomic E-state index is 11.7. The van der Waals surface area contributed by atoms with Crippen LogP contribution in [0.25, 0.3) is 0 Å². The monoisotopic (exact) mass is 251 g/mol. The lowest BCUT2D eigenvalue weighted by Crippen LogP contribution is -2.37. The molecule has 5 heteroatoms. The summed E-state index contributed by atoms with van der Waals surface area (Å²) in [6, 6.07) is 8.46. The largest absolute Gasteiger partial charge is 0.481 e. The number of hydrogen-bond donors (Lipinski definition) is 2. The molecule has 1 rings (SSSR count). The Bertz CT molecular complexity index is 405. The van der Waals surface area contributed by atoms with Gasteiger partial charge in [-0.1, -0.05) is 30.3 Å². The molecule has 0 aliphatic heterocycles. The zero-order chi connectivity index (χ0) is 13.5. The normalized spacial score (nSPS) is 13.7. The summed E-state index contributed by atoms with van der Waals surface area (Å²) in [7, 11) is 1.43. The molecule has 98 valence electrons. The highest BCUT2D eigenvalue weighted by atomic mass is 16.5. The minimum absolute atomic E-state index is 0.161. The lowest BCUT2D eigenvalue weighted by molar-refractivity contribution is -0.138. The molecule has 0 aliphatic carbocycles. The molecule has 2 atom stereocenters. The Kier molecular flexibility index (Phi) is 5.32. The first-order chi connectivity index (χ1) is 8.54. The average Bonchev–Trinajstić information content (AvgIpc) is 2.37. The van der Waals surface area contributed by atoms with E-state index in [0.717, 1.165) is 5.56 Å². The van der Waals surface area contributed by atoms with E-state index in [2.05, 4.69) is 5.32 Å². The van der Waals surface area contributed by atoms with Crippen molar-refractivity contribution in [2.75, 3.05) is 7.11 Å². The number of carboxylic acid groups (broad SMARTS) is 1. The lowest BCUT2D eigenvalue weighted by atomic mass is 10.0. The third-order valence-electron chi connectivity index (χ3n) is 2.62. The molecule has 0 bridgehead atoms. The van der Waals surface area contributed by atoms with Crippen LogP contribution in [0, 0.1) is 0 Å². The van der Waals surface area contributed by atoms with Gasteiger partial charge in [0.1, 0.15) is 6.10 Å². The fraction of sp³-hybridized carbons (Fsp3) is 0.385. The molecule has 0 saturated carbocycles. The zero-order valence-corrected chi connectivity index (χ0v) is 10.4. The van der Waals surface area contributed by atoms with E-state index in [0.29, 0.717) is 0 Å². The van der Waals surface area contributed by atoms with E-state index in [1.54, 1.807) is 31.2 Å². The molecule has 18 heavy (non-hydrogen) atoms. The molecular formula is C13H17NO4. The van der Waals surface area contributed by atoms with Gasteiger partial charge in [0.05, 0.1) is 12.5 Å². The second-order valence-electron chi connectivity index (χ2n) is 3.95. The van der Waals surface area contributed by atoms with Crippen LogP contribution in [0.3, 0.4) is 0 Å². The number of carboxylic acids is 1. The highest BCUT2D eigenvalue weighted by Crippen LogP contribution is 2.16. The van der Waals surface area contributed by atoms with Crippen LogP contribution in [0.15, 0.2) is 30.3 Å². The fourth-order valence-corrected chi connectivity index (χ4v) is 1.51. The van der Waals surface area contributed by atoms with Crippen molar-refractivity contribution in [3.63, 3.8) is 0 Å². The summed E-state index contributed by atoms with van der Waals surface area (Å²) in [5.74, 6) is -1.29. The number of rotatable bonds is 6. The van der Waals surface area contributed by atoms with Crippen LogP contribution in [-0.2, 0) is 14.3 Å². The van der Waals surface area contributed by atoms with Gasteiger partial charge in [-0.2, -0.15) is 0 Å². The molecule has 2 unspecified atom stereocenters. The van der Waals surface area contributed by atoms with Crippen LogP contribution < -0.4 is 5.32 Å². The Morgan fingerprint density at radius 2 is 1.94 bits per heavy atom. The summed E-state index contributed by atoms with van der Waals surface area (Å²) in [5.41, 5.74) is 0.761. The number of amides is 1. The second kappa shape index (κ2) is 6.76. The van der Waals surface area contributed by atoms with Gasteiger partial charge in [0.2, 0.25) is 5.91 Å². The SMILES string of the molecule is COC(C)C(=O)NC(CC(=O)O)c1ccccc1. The van der Waals surface area contributed by atoms with Gasteiger partial charge >= 0.3 is 5.97 Å². The molecular weight excluding hydrogens is 234 g/mol. The first-order valence-electron chi connectivity index (χ1n) is 5.64. The number of aliphatic carboxylic acids is 1. The lowest BCUT2D eigenvalue weighted by Gasteiger charge is -2.19. The minimum atomic E-state index is -0.964. The van der Waals surface area contributed by atoms with Gasteiger partial charge in [0.15, 0.2) is 0 Å². The number of nitrogens with one attached hydrogen (secondary N) is 1. The van der Waals surface area contributed by atoms with Crippen molar-refractivity contribution in [2.24, 2.45) is 0 Å². The molecule has 0 aliphatic rings. The highest BCUT2D eigenvalue weighted by molar-refractivity contribution is 5.81. The summed E-state index contributed by atoms with van der Waals surface area (Å²) in [6.45, 7) is 1.61. The molecule has 1 aromatic rings. The molecule has 0 spiro atoms. The van der Waals surface area contributed by atoms with Gasteiger partial charge in [-0.25, -0.2) is 0 Å². The summed E-state index contributed by atoms with van der Waals surface area (Å²) >= 11 is 0. The molecule has 0 saturated heterocycles. The van der Waals surface area contributed by atoms with Crippen LogP contribution in [-0.4, -0.2) is 30.2 Å². The molecule has 1 aromatic carbocycles. The van der Waals surface area contributed by atoms with E-state index in [9.17, 15) is 9.59 Å². The number of methoxy groups -OCH3 is 1. The van der Waals surface area contributed by atoms with Crippen molar-refractivity contribution in [3.8, 4) is 0 Å². The summed E-state index contributed by atoms with van der Waals surface area (Å²) < 4.78 is 4.89. The number of carbonyl (C=O) groups is 2. The third-order valence-corrected chi connectivity index (χ3v) is 2.62. The second-order valence-corrected chi connectivity index (χ2v) is 3.95. The van der Waals surface area contributed by atoms with Crippen LogP contribution in [0.2, 0.25) is 0 Å². The van der Waals surface area contributed by atoms with E-state index in [1.165, 1.54) is 7.11 Å². The number of hydrogen-bond acceptors (Lipinski definition) is 3. The average molecular weight is 251 g/mol. The van der Waals surface area contributed by atoms with Crippen molar-refractivity contribution in [1.82, 2.24) is 5.32 Å². The van der Waals surface area contributed by atoms with Gasteiger partial charge in [0.25, 0.3) is 0 Å². The molecule has 0 radical (unpaired) electrons. The molecule has 0 aromatic heterocycles. The van der Waals surface area contributed by atoms with Crippen molar-refractivity contribution < 1.29 is 19.4 Å². The zero-order valence-electron chi connectivity index (χ0n) is 10.4. The van der Waals surface area contributed by atoms with Gasteiger partial charge in [0, 0.05) is 7.11 Å². The quantitative estimate of drug-likeness (QED) is 0.800. The van der Waals surface area contributed by atoms with E-state index < -0.39 is 18.1 Å². The Labute approximate surface area is 106 Å². The maximum Gasteiger partial charge on any atom is 0.305 e. The van der Waals surface area contributed by atoms with Gasteiger partial charge in [-0.15, -0.1) is 0 Å². The van der Waals surface area contributed by atoms with E-state index in [1.807, 2.05) is 6.07 Å². The number of ether oxygens (including phenoxy) is 1. The van der Waals surface area contributed by atoms with Crippen LogP contribution >= 0.6 is 0 Å². The van der Waals surface area contributed by atoms with Gasteiger partial charge in [-0.05, 0) is 12.5 Å². The molecule has 2 N–H and O–H groups in total. The fourth-order valence-electron chi connectivity index (χ4n) is 1.51. The Morgan fingerprint density at radius 1 is 1.33 bits per heavy atom. The predicted octanol–water partition coefficient (Wildman–Crippen LogP) is 1.35. The topological polar surface area (TPSA) is 75.6 Å². The van der Waals surface area contributed by atoms with Crippen LogP contribution in [0.1, 0.15) is 24.9 Å². The van der Waals surface area contributed by atoms with Crippen molar-refractivity contribution in [2.45, 2.75) is 25.5 Å². The first kappa shape index (κ1) is 14.2. The Hall–Kier alpha value is -1.88.